The van der Waals surface area contributed by atoms with E-state index in [9.17, 15) is 0 Å². The molecule has 0 aliphatic carbocycles. The van der Waals surface area contributed by atoms with Gasteiger partial charge in [0, 0.05) is 12.4 Å². The Morgan fingerprint density at radius 1 is 1.25 bits per heavy atom. The third-order valence-corrected chi connectivity index (χ3v) is 2.23. The van der Waals surface area contributed by atoms with Crippen LogP contribution in [0.15, 0.2) is 24.8 Å². The van der Waals surface area contributed by atoms with Crippen LogP contribution in [0.25, 0.3) is 11.4 Å². The van der Waals surface area contributed by atoms with Gasteiger partial charge in [-0.25, -0.2) is 0 Å². The molecule has 0 fully saturated rings. The summed E-state index contributed by atoms with van der Waals surface area (Å²) in [4.78, 5) is 8.11. The van der Waals surface area contributed by atoms with Crippen LogP contribution in [0.3, 0.4) is 0 Å². The Morgan fingerprint density at radius 3 is 2.75 bits per heavy atom. The van der Waals surface area contributed by atoms with Crippen LogP contribution in [-0.2, 0) is 0 Å². The number of nitrogens with one attached hydrogen (secondary N) is 1. The van der Waals surface area contributed by atoms with Crippen molar-refractivity contribution in [3.63, 3.8) is 0 Å². The number of rotatable bonds is 1. The lowest BCUT2D eigenvalue weighted by Crippen LogP contribution is -1.85. The molecule has 0 bridgehead atoms. The molecule has 2 aromatic heterocycles. The number of H-pyrrole nitrogens is 1. The molecule has 60 valence electrons. The molecule has 0 atom stereocenters. The minimum absolute atomic E-state index is 0.819. The first-order chi connectivity index (χ1) is 5.88. The van der Waals surface area contributed by atoms with Gasteiger partial charge in [-0.05, 0) is 22.6 Å². The first-order valence-electron chi connectivity index (χ1n) is 3.33. The van der Waals surface area contributed by atoms with Crippen LogP contribution in [-0.4, -0.2) is 20.2 Å². The number of halogens is 1. The fourth-order valence-electron chi connectivity index (χ4n) is 0.879. The molecule has 4 nitrogen and oxygen atoms in total. The summed E-state index contributed by atoms with van der Waals surface area (Å²) in [6, 6.07) is 0. The van der Waals surface area contributed by atoms with E-state index in [1.165, 1.54) is 0 Å². The van der Waals surface area contributed by atoms with Gasteiger partial charge in [-0.15, -0.1) is 0 Å². The predicted octanol–water partition coefficient (Wildman–Crippen LogP) is 1.47. The maximum atomic E-state index is 4.14. The van der Waals surface area contributed by atoms with Crippen LogP contribution in [0, 0.1) is 3.57 Å². The Morgan fingerprint density at radius 2 is 2.17 bits per heavy atom. The second-order valence-corrected chi connectivity index (χ2v) is 3.35. The zero-order chi connectivity index (χ0) is 8.39. The summed E-state index contributed by atoms with van der Waals surface area (Å²) in [7, 11) is 0. The Bertz CT molecular complexity index is 370. The molecule has 0 unspecified atom stereocenters. The first-order valence-corrected chi connectivity index (χ1v) is 4.41. The van der Waals surface area contributed by atoms with Crippen molar-refractivity contribution >= 4 is 22.6 Å². The van der Waals surface area contributed by atoms with Crippen molar-refractivity contribution in [1.29, 1.82) is 0 Å². The minimum Gasteiger partial charge on any atom is -0.275 e. The normalized spacial score (nSPS) is 10.1. The largest absolute Gasteiger partial charge is 0.275 e. The minimum atomic E-state index is 0.819. The highest BCUT2D eigenvalue weighted by Crippen LogP contribution is 2.18. The summed E-state index contributed by atoms with van der Waals surface area (Å²) >= 11 is 2.20. The molecule has 5 heteroatoms. The average Bonchev–Trinajstić information content (AvgIpc) is 2.53. The zero-order valence-electron chi connectivity index (χ0n) is 6.03. The van der Waals surface area contributed by atoms with Crippen molar-refractivity contribution in [2.75, 3.05) is 0 Å². The Labute approximate surface area is 82.6 Å². The van der Waals surface area contributed by atoms with Gasteiger partial charge in [-0.1, -0.05) is 0 Å². The number of nitrogens with zero attached hydrogens (tertiary/aromatic N) is 3. The molecule has 0 saturated heterocycles. The van der Waals surface area contributed by atoms with E-state index < -0.39 is 0 Å². The van der Waals surface area contributed by atoms with Gasteiger partial charge in [-0.3, -0.25) is 15.1 Å². The molecule has 2 heterocycles. The fraction of sp³-hybridized carbons (Fsp3) is 0. The third kappa shape index (κ3) is 1.31. The van der Waals surface area contributed by atoms with Gasteiger partial charge in [0.05, 0.1) is 21.7 Å². The van der Waals surface area contributed by atoms with E-state index in [4.69, 9.17) is 0 Å². The van der Waals surface area contributed by atoms with Gasteiger partial charge in [0.2, 0.25) is 0 Å². The molecule has 12 heavy (non-hydrogen) atoms. The van der Waals surface area contributed by atoms with Crippen LogP contribution in [0.5, 0.6) is 0 Å². The molecule has 1 N–H and O–H groups in total. The zero-order valence-corrected chi connectivity index (χ0v) is 8.19. The molecule has 0 radical (unpaired) electrons. The number of aromatic nitrogens is 4. The van der Waals surface area contributed by atoms with Crippen molar-refractivity contribution in [2.45, 2.75) is 0 Å². The van der Waals surface area contributed by atoms with E-state index >= 15 is 0 Å². The number of hydrogen-bond acceptors (Lipinski definition) is 3. The smallest absolute Gasteiger partial charge is 0.107 e. The molecule has 0 saturated carbocycles. The average molecular weight is 272 g/mol. The van der Waals surface area contributed by atoms with Crippen LogP contribution >= 0.6 is 22.6 Å². The van der Waals surface area contributed by atoms with Crippen molar-refractivity contribution in [2.24, 2.45) is 0 Å². The van der Waals surface area contributed by atoms with E-state index in [0.29, 0.717) is 0 Å². The van der Waals surface area contributed by atoms with E-state index in [1.807, 2.05) is 0 Å². The second-order valence-electron chi connectivity index (χ2n) is 2.18. The molecular weight excluding hydrogens is 267 g/mol. The highest BCUT2D eigenvalue weighted by Gasteiger charge is 2.04. The third-order valence-electron chi connectivity index (χ3n) is 1.41. The summed E-state index contributed by atoms with van der Waals surface area (Å²) in [5.41, 5.74) is 1.74. The van der Waals surface area contributed by atoms with Crippen LogP contribution in [0.4, 0.5) is 0 Å². The molecule has 2 aromatic rings. The fourth-order valence-corrected chi connectivity index (χ4v) is 1.42. The maximum Gasteiger partial charge on any atom is 0.107 e. The summed E-state index contributed by atoms with van der Waals surface area (Å²) in [6.07, 6.45) is 6.76. The van der Waals surface area contributed by atoms with E-state index in [-0.39, 0.29) is 0 Å². The number of hydrogen-bond donors (Lipinski definition) is 1. The monoisotopic (exact) mass is 272 g/mol. The van der Waals surface area contributed by atoms with Gasteiger partial charge >= 0.3 is 0 Å². The van der Waals surface area contributed by atoms with Gasteiger partial charge in [0.1, 0.15) is 5.69 Å². The Hall–Kier alpha value is -0.980. The number of aromatic amines is 1. The van der Waals surface area contributed by atoms with Gasteiger partial charge in [-0.2, -0.15) is 5.10 Å². The van der Waals surface area contributed by atoms with E-state index in [1.54, 1.807) is 24.8 Å². The van der Waals surface area contributed by atoms with Crippen molar-refractivity contribution in [3.8, 4) is 11.4 Å². The van der Waals surface area contributed by atoms with Crippen molar-refractivity contribution in [3.05, 3.63) is 28.4 Å². The van der Waals surface area contributed by atoms with Crippen molar-refractivity contribution in [1.82, 2.24) is 20.2 Å². The predicted molar refractivity (Wildman–Crippen MR) is 52.3 cm³/mol. The first kappa shape index (κ1) is 7.66. The quantitative estimate of drug-likeness (QED) is 0.800. The molecule has 0 spiro atoms. The Balaban J connectivity index is 2.51. The molecule has 0 aromatic carbocycles. The lowest BCUT2D eigenvalue weighted by atomic mass is 10.3. The SMILES string of the molecule is Ic1cn[nH]c1-c1cnccn1. The summed E-state index contributed by atoms with van der Waals surface area (Å²) in [5, 5.41) is 6.76. The topological polar surface area (TPSA) is 54.5 Å². The van der Waals surface area contributed by atoms with Crippen LogP contribution in [0.2, 0.25) is 0 Å². The van der Waals surface area contributed by atoms with Gasteiger partial charge in [0.15, 0.2) is 0 Å². The molecule has 0 aliphatic rings. The van der Waals surface area contributed by atoms with Crippen molar-refractivity contribution < 1.29 is 0 Å². The van der Waals surface area contributed by atoms with Crippen LogP contribution < -0.4 is 0 Å². The molecule has 0 amide bonds. The van der Waals surface area contributed by atoms with E-state index in [0.717, 1.165) is 15.0 Å². The van der Waals surface area contributed by atoms with E-state index in [2.05, 4.69) is 42.8 Å². The second kappa shape index (κ2) is 3.18. The standard InChI is InChI=1S/C7H5IN4/c8-5-3-11-12-7(5)6-4-9-1-2-10-6/h1-4H,(H,11,12). The molecule has 0 aliphatic heterocycles. The summed E-state index contributed by atoms with van der Waals surface area (Å²) in [5.74, 6) is 0. The summed E-state index contributed by atoms with van der Waals surface area (Å²) < 4.78 is 1.05. The summed E-state index contributed by atoms with van der Waals surface area (Å²) in [6.45, 7) is 0. The molecule has 2 rings (SSSR count). The van der Waals surface area contributed by atoms with Gasteiger partial charge in [0.25, 0.3) is 0 Å². The Kier molecular flexibility index (Phi) is 2.03. The van der Waals surface area contributed by atoms with Crippen LogP contribution in [0.1, 0.15) is 0 Å². The maximum absolute atomic E-state index is 4.14. The lowest BCUT2D eigenvalue weighted by molar-refractivity contribution is 1.08. The highest BCUT2D eigenvalue weighted by atomic mass is 127. The van der Waals surface area contributed by atoms with Gasteiger partial charge < -0.3 is 0 Å². The lowest BCUT2D eigenvalue weighted by Gasteiger charge is -1.94. The highest BCUT2D eigenvalue weighted by molar-refractivity contribution is 14.1. The molecular formula is C7H5IN4.